The maximum absolute atomic E-state index is 13.8. The average Bonchev–Trinajstić information content (AvgIpc) is 3.31. The van der Waals surface area contributed by atoms with Crippen molar-refractivity contribution in [2.24, 2.45) is 0 Å². The van der Waals surface area contributed by atoms with Gasteiger partial charge in [-0.1, -0.05) is 48.5 Å². The molecule has 0 saturated carbocycles. The van der Waals surface area contributed by atoms with Gasteiger partial charge in [-0.3, -0.25) is 14.4 Å². The molecule has 1 aliphatic rings. The Labute approximate surface area is 250 Å². The number of phenols is 1. The van der Waals surface area contributed by atoms with Gasteiger partial charge in [-0.2, -0.15) is 0 Å². The number of aliphatic hydroxyl groups excluding tert-OH is 1. The van der Waals surface area contributed by atoms with Crippen LogP contribution in [0, 0.1) is 6.92 Å². The van der Waals surface area contributed by atoms with Crippen LogP contribution in [0.5, 0.6) is 11.5 Å². The molecule has 42 heavy (non-hydrogen) atoms. The van der Waals surface area contributed by atoms with E-state index < -0.39 is 34.7 Å². The molecule has 3 aromatic rings. The quantitative estimate of drug-likeness (QED) is 0.285. The van der Waals surface area contributed by atoms with Crippen LogP contribution in [0.3, 0.4) is 0 Å². The Morgan fingerprint density at radius 2 is 1.71 bits per heavy atom. The van der Waals surface area contributed by atoms with Gasteiger partial charge < -0.3 is 30.5 Å². The summed E-state index contributed by atoms with van der Waals surface area (Å²) in [6, 6.07) is 19.3. The van der Waals surface area contributed by atoms with Gasteiger partial charge in [0.1, 0.15) is 17.5 Å². The second kappa shape index (κ2) is 13.3. The number of hydrogen-bond acceptors (Lipinski definition) is 7. The Morgan fingerprint density at radius 1 is 1.02 bits per heavy atom. The highest BCUT2D eigenvalue weighted by atomic mass is 32.2. The van der Waals surface area contributed by atoms with Crippen molar-refractivity contribution < 1.29 is 29.3 Å². The molecule has 0 spiro atoms. The molecule has 1 saturated heterocycles. The SMILES string of the molecule is COc1ccc(CNC(=O)C2N(C(=O)C(O)C(Cc3ccccc3)NC(=O)c3cccc(O)c3C)CSC2(C)C)cc1. The average molecular weight is 592 g/mol. The molecule has 3 atom stereocenters. The smallest absolute Gasteiger partial charge is 0.254 e. The van der Waals surface area contributed by atoms with Crippen molar-refractivity contribution in [3.05, 3.63) is 95.1 Å². The first kappa shape index (κ1) is 30.9. The van der Waals surface area contributed by atoms with Crippen LogP contribution >= 0.6 is 11.8 Å². The summed E-state index contributed by atoms with van der Waals surface area (Å²) in [7, 11) is 1.58. The first-order valence-corrected chi connectivity index (χ1v) is 14.7. The van der Waals surface area contributed by atoms with Crippen molar-refractivity contribution in [1.29, 1.82) is 0 Å². The van der Waals surface area contributed by atoms with Crippen molar-refractivity contribution in [3.63, 3.8) is 0 Å². The minimum Gasteiger partial charge on any atom is -0.508 e. The summed E-state index contributed by atoms with van der Waals surface area (Å²) < 4.78 is 4.57. The van der Waals surface area contributed by atoms with Crippen molar-refractivity contribution in [2.45, 2.75) is 56.7 Å². The molecular formula is C32H37N3O6S. The molecule has 3 amide bonds. The number of ether oxygens (including phenoxy) is 1. The summed E-state index contributed by atoms with van der Waals surface area (Å²) in [6.07, 6.45) is -1.45. The number of thioether (sulfide) groups is 1. The van der Waals surface area contributed by atoms with Crippen molar-refractivity contribution in [1.82, 2.24) is 15.5 Å². The molecule has 0 aromatic heterocycles. The second-order valence-corrected chi connectivity index (χ2v) is 12.4. The lowest BCUT2D eigenvalue weighted by Crippen LogP contribution is -2.58. The van der Waals surface area contributed by atoms with E-state index in [1.165, 1.54) is 22.7 Å². The van der Waals surface area contributed by atoms with Crippen molar-refractivity contribution in [2.75, 3.05) is 13.0 Å². The van der Waals surface area contributed by atoms with Crippen molar-refractivity contribution in [3.8, 4) is 11.5 Å². The second-order valence-electron chi connectivity index (χ2n) is 10.8. The molecule has 3 unspecified atom stereocenters. The molecule has 3 aromatic carbocycles. The summed E-state index contributed by atoms with van der Waals surface area (Å²) in [6.45, 7) is 5.67. The normalized spacial score (nSPS) is 17.3. The molecule has 9 nitrogen and oxygen atoms in total. The van der Waals surface area contributed by atoms with Gasteiger partial charge in [-0.05, 0) is 62.6 Å². The predicted octanol–water partition coefficient (Wildman–Crippen LogP) is 3.41. The number of aliphatic hydroxyl groups is 1. The van der Waals surface area contributed by atoms with Crippen molar-refractivity contribution >= 4 is 29.5 Å². The van der Waals surface area contributed by atoms with E-state index in [0.717, 1.165) is 11.1 Å². The van der Waals surface area contributed by atoms with Crippen LogP contribution in [-0.2, 0) is 22.6 Å². The minimum absolute atomic E-state index is 0.0290. The summed E-state index contributed by atoms with van der Waals surface area (Å²) >= 11 is 1.45. The van der Waals surface area contributed by atoms with E-state index in [9.17, 15) is 24.6 Å². The number of nitrogens with zero attached hydrogens (tertiary/aromatic N) is 1. The van der Waals surface area contributed by atoms with Gasteiger partial charge in [0, 0.05) is 22.4 Å². The van der Waals surface area contributed by atoms with Gasteiger partial charge in [0.05, 0.1) is 19.0 Å². The summed E-state index contributed by atoms with van der Waals surface area (Å²) in [4.78, 5) is 42.0. The van der Waals surface area contributed by atoms with Crippen LogP contribution < -0.4 is 15.4 Å². The number of amides is 3. The Kier molecular flexibility index (Phi) is 9.80. The molecule has 1 aliphatic heterocycles. The first-order chi connectivity index (χ1) is 20.0. The van der Waals surface area contributed by atoms with Crippen LogP contribution in [0.25, 0.3) is 0 Å². The Hall–Kier alpha value is -4.02. The Bertz CT molecular complexity index is 1410. The monoisotopic (exact) mass is 591 g/mol. The Balaban J connectivity index is 1.54. The zero-order chi connectivity index (χ0) is 30.4. The van der Waals surface area contributed by atoms with Gasteiger partial charge in [0.25, 0.3) is 11.8 Å². The molecule has 222 valence electrons. The number of aromatic hydroxyl groups is 1. The molecule has 0 radical (unpaired) electrons. The highest BCUT2D eigenvalue weighted by Gasteiger charge is 2.49. The molecule has 1 heterocycles. The standard InChI is InChI=1S/C32H37N3O6S/c1-20-24(11-8-12-26(20)36)29(38)34-25(17-21-9-6-5-7-10-21)27(37)31(40)35-19-42-32(2,3)28(35)30(39)33-18-22-13-15-23(41-4)16-14-22/h5-16,25,27-28,36-37H,17-19H2,1-4H3,(H,33,39)(H,34,38). The van der Waals surface area contributed by atoms with Gasteiger partial charge in [-0.25, -0.2) is 0 Å². The fourth-order valence-electron chi connectivity index (χ4n) is 5.01. The third-order valence-electron chi connectivity index (χ3n) is 7.50. The minimum atomic E-state index is -1.63. The topological polar surface area (TPSA) is 128 Å². The summed E-state index contributed by atoms with van der Waals surface area (Å²) in [5, 5.41) is 27.3. The fraction of sp³-hybridized carbons (Fsp3) is 0.344. The lowest BCUT2D eigenvalue weighted by atomic mass is 9.96. The third kappa shape index (κ3) is 7.06. The van der Waals surface area contributed by atoms with E-state index in [2.05, 4.69) is 10.6 Å². The molecule has 4 N–H and O–H groups in total. The van der Waals surface area contributed by atoms with E-state index in [1.54, 1.807) is 26.2 Å². The van der Waals surface area contributed by atoms with Crippen LogP contribution in [0.2, 0.25) is 0 Å². The lowest BCUT2D eigenvalue weighted by molar-refractivity contribution is -0.147. The number of benzene rings is 3. The van der Waals surface area contributed by atoms with Crippen LogP contribution in [0.1, 0.15) is 40.9 Å². The highest BCUT2D eigenvalue weighted by Crippen LogP contribution is 2.40. The fourth-order valence-corrected chi connectivity index (χ4v) is 6.15. The van der Waals surface area contributed by atoms with Crippen LogP contribution in [0.15, 0.2) is 72.8 Å². The van der Waals surface area contributed by atoms with Gasteiger partial charge in [0.15, 0.2) is 6.10 Å². The van der Waals surface area contributed by atoms with E-state index in [1.807, 2.05) is 68.4 Å². The van der Waals surface area contributed by atoms with E-state index in [-0.39, 0.29) is 36.1 Å². The summed E-state index contributed by atoms with van der Waals surface area (Å²) in [5.74, 6) is -0.617. The number of carbonyl (C=O) groups is 3. The van der Waals surface area contributed by atoms with Gasteiger partial charge in [0.2, 0.25) is 5.91 Å². The van der Waals surface area contributed by atoms with Crippen LogP contribution in [0.4, 0.5) is 0 Å². The zero-order valence-corrected chi connectivity index (χ0v) is 25.0. The molecule has 1 fully saturated rings. The number of hydrogen-bond donors (Lipinski definition) is 4. The number of nitrogens with one attached hydrogen (secondary N) is 2. The summed E-state index contributed by atoms with van der Waals surface area (Å²) in [5.41, 5.74) is 2.31. The Morgan fingerprint density at radius 3 is 2.38 bits per heavy atom. The largest absolute Gasteiger partial charge is 0.508 e. The highest BCUT2D eigenvalue weighted by molar-refractivity contribution is 8.00. The number of phenolic OH excluding ortho intramolecular Hbond substituents is 1. The van der Waals surface area contributed by atoms with Gasteiger partial charge in [-0.15, -0.1) is 11.8 Å². The number of methoxy groups -OCH3 is 1. The van der Waals surface area contributed by atoms with Crippen LogP contribution in [-0.4, -0.2) is 68.8 Å². The first-order valence-electron chi connectivity index (χ1n) is 13.7. The molecular weight excluding hydrogens is 554 g/mol. The maximum atomic E-state index is 13.8. The predicted molar refractivity (Wildman–Crippen MR) is 162 cm³/mol. The van der Waals surface area contributed by atoms with Gasteiger partial charge >= 0.3 is 0 Å². The molecule has 0 bridgehead atoms. The number of rotatable bonds is 10. The molecule has 0 aliphatic carbocycles. The zero-order valence-electron chi connectivity index (χ0n) is 24.2. The molecule has 10 heteroatoms. The third-order valence-corrected chi connectivity index (χ3v) is 8.88. The maximum Gasteiger partial charge on any atom is 0.254 e. The van der Waals surface area contributed by atoms with E-state index >= 15 is 0 Å². The van der Waals surface area contributed by atoms with E-state index in [4.69, 9.17) is 4.74 Å². The number of carbonyl (C=O) groups excluding carboxylic acids is 3. The van der Waals surface area contributed by atoms with E-state index in [0.29, 0.717) is 11.3 Å². The molecule has 4 rings (SSSR count). The lowest BCUT2D eigenvalue weighted by Gasteiger charge is -2.33.